The molecule has 0 unspecified atom stereocenters. The maximum Gasteiger partial charge on any atom is 0.387 e. The molecule has 1 fully saturated rings. The molecule has 1 aliphatic rings. The van der Waals surface area contributed by atoms with Crippen LogP contribution in [-0.2, 0) is 0 Å². The second-order valence-corrected chi connectivity index (χ2v) is 5.81. The number of alkyl halides is 2. The van der Waals surface area contributed by atoms with E-state index < -0.39 is 6.61 Å². The highest BCUT2D eigenvalue weighted by molar-refractivity contribution is 5.29. The van der Waals surface area contributed by atoms with Crippen LogP contribution in [0.2, 0.25) is 0 Å². The van der Waals surface area contributed by atoms with Crippen LogP contribution in [0, 0.1) is 5.92 Å². The predicted molar refractivity (Wildman–Crippen MR) is 77.3 cm³/mol. The Labute approximate surface area is 120 Å². The number of benzene rings is 1. The Morgan fingerprint density at radius 2 is 1.75 bits per heavy atom. The van der Waals surface area contributed by atoms with Crippen molar-refractivity contribution in [2.75, 3.05) is 0 Å². The predicted octanol–water partition coefficient (Wildman–Crippen LogP) is 5.75. The molecule has 2 rings (SSSR count). The van der Waals surface area contributed by atoms with E-state index in [1.54, 1.807) is 12.1 Å². The third kappa shape index (κ3) is 4.46. The summed E-state index contributed by atoms with van der Waals surface area (Å²) in [4.78, 5) is 0. The maximum absolute atomic E-state index is 12.1. The average Bonchev–Trinajstić information content (AvgIpc) is 2.46. The number of halogens is 2. The van der Waals surface area contributed by atoms with Crippen LogP contribution in [0.3, 0.4) is 0 Å². The van der Waals surface area contributed by atoms with Gasteiger partial charge in [-0.2, -0.15) is 8.78 Å². The fourth-order valence-electron chi connectivity index (χ4n) is 3.20. The van der Waals surface area contributed by atoms with Crippen LogP contribution >= 0.6 is 0 Å². The van der Waals surface area contributed by atoms with Gasteiger partial charge in [-0.15, -0.1) is 0 Å². The summed E-state index contributed by atoms with van der Waals surface area (Å²) in [5.41, 5.74) is 1.26. The molecule has 0 spiro atoms. The molecule has 3 heteroatoms. The molecule has 0 aromatic heterocycles. The molecule has 0 saturated heterocycles. The summed E-state index contributed by atoms with van der Waals surface area (Å²) in [7, 11) is 0. The van der Waals surface area contributed by atoms with Crippen LogP contribution < -0.4 is 4.74 Å². The molecule has 0 N–H and O–H groups in total. The Morgan fingerprint density at radius 3 is 2.30 bits per heavy atom. The van der Waals surface area contributed by atoms with Gasteiger partial charge in [-0.25, -0.2) is 0 Å². The molecule has 0 bridgehead atoms. The van der Waals surface area contributed by atoms with Gasteiger partial charge in [0.15, 0.2) is 0 Å². The van der Waals surface area contributed by atoms with Crippen LogP contribution in [0.5, 0.6) is 5.75 Å². The number of ether oxygens (including phenoxy) is 1. The van der Waals surface area contributed by atoms with E-state index in [0.717, 1.165) is 5.92 Å². The lowest BCUT2D eigenvalue weighted by Gasteiger charge is -2.28. The second kappa shape index (κ2) is 7.61. The number of unbranched alkanes of at least 4 members (excludes halogenated alkanes) is 1. The molecule has 0 atom stereocenters. The van der Waals surface area contributed by atoms with E-state index in [-0.39, 0.29) is 5.75 Å². The van der Waals surface area contributed by atoms with Gasteiger partial charge in [-0.1, -0.05) is 38.3 Å². The fraction of sp³-hybridized carbons (Fsp3) is 0.647. The molecule has 1 nitrogen and oxygen atoms in total. The van der Waals surface area contributed by atoms with Gasteiger partial charge < -0.3 is 4.74 Å². The number of hydrogen-bond donors (Lipinski definition) is 0. The molecule has 0 heterocycles. The first-order valence-electron chi connectivity index (χ1n) is 7.73. The van der Waals surface area contributed by atoms with Gasteiger partial charge in [0.05, 0.1) is 0 Å². The van der Waals surface area contributed by atoms with Crippen molar-refractivity contribution in [2.45, 2.75) is 64.4 Å². The van der Waals surface area contributed by atoms with Crippen LogP contribution in [0.1, 0.15) is 63.4 Å². The fourth-order valence-corrected chi connectivity index (χ4v) is 3.20. The van der Waals surface area contributed by atoms with E-state index >= 15 is 0 Å². The van der Waals surface area contributed by atoms with Crippen LogP contribution in [0.15, 0.2) is 24.3 Å². The van der Waals surface area contributed by atoms with Crippen LogP contribution in [0.4, 0.5) is 8.78 Å². The van der Waals surface area contributed by atoms with E-state index in [4.69, 9.17) is 0 Å². The molecule has 1 aromatic carbocycles. The molecule has 0 aliphatic heterocycles. The van der Waals surface area contributed by atoms with Crippen molar-refractivity contribution in [3.05, 3.63) is 29.8 Å². The molecule has 20 heavy (non-hydrogen) atoms. The topological polar surface area (TPSA) is 9.23 Å². The van der Waals surface area contributed by atoms with Crippen molar-refractivity contribution in [3.63, 3.8) is 0 Å². The first-order chi connectivity index (χ1) is 9.69. The molecule has 1 aromatic rings. The lowest BCUT2D eigenvalue weighted by molar-refractivity contribution is -0.0498. The highest BCUT2D eigenvalue weighted by Gasteiger charge is 2.22. The van der Waals surface area contributed by atoms with Crippen LogP contribution in [-0.4, -0.2) is 6.61 Å². The SMILES string of the molecule is CCCCC1CCC(c2ccc(OC(F)F)cc2)CC1. The van der Waals surface area contributed by atoms with Crippen molar-refractivity contribution in [1.29, 1.82) is 0 Å². The van der Waals surface area contributed by atoms with Gasteiger partial charge in [0.25, 0.3) is 0 Å². The van der Waals surface area contributed by atoms with E-state index in [1.807, 2.05) is 12.1 Å². The normalized spacial score (nSPS) is 23.0. The summed E-state index contributed by atoms with van der Waals surface area (Å²) in [6.45, 7) is -0.496. The third-order valence-corrected chi connectivity index (χ3v) is 4.39. The number of rotatable bonds is 6. The molecular formula is C17H24F2O. The van der Waals surface area contributed by atoms with Crippen molar-refractivity contribution in [1.82, 2.24) is 0 Å². The zero-order chi connectivity index (χ0) is 14.4. The molecule has 0 amide bonds. The molecule has 1 aliphatic carbocycles. The highest BCUT2D eigenvalue weighted by Crippen LogP contribution is 2.38. The first kappa shape index (κ1) is 15.3. The van der Waals surface area contributed by atoms with Crippen LogP contribution in [0.25, 0.3) is 0 Å². The zero-order valence-corrected chi connectivity index (χ0v) is 12.2. The van der Waals surface area contributed by atoms with E-state index in [9.17, 15) is 8.78 Å². The quantitative estimate of drug-likeness (QED) is 0.645. The van der Waals surface area contributed by atoms with E-state index in [2.05, 4.69) is 11.7 Å². The Hall–Kier alpha value is -1.12. The second-order valence-electron chi connectivity index (χ2n) is 5.81. The summed E-state index contributed by atoms with van der Waals surface area (Å²) >= 11 is 0. The summed E-state index contributed by atoms with van der Waals surface area (Å²) in [6.07, 6.45) is 9.05. The van der Waals surface area contributed by atoms with Gasteiger partial charge in [0, 0.05) is 0 Å². The Balaban J connectivity index is 1.84. The standard InChI is InChI=1S/C17H24F2O/c1-2-3-4-13-5-7-14(8-6-13)15-9-11-16(12-10-15)20-17(18)19/h9-14,17H,2-8H2,1H3. The van der Waals surface area contributed by atoms with Crippen molar-refractivity contribution < 1.29 is 13.5 Å². The molecule has 0 radical (unpaired) electrons. The van der Waals surface area contributed by atoms with Crippen molar-refractivity contribution in [2.24, 2.45) is 5.92 Å². The monoisotopic (exact) mass is 282 g/mol. The largest absolute Gasteiger partial charge is 0.435 e. The summed E-state index contributed by atoms with van der Waals surface area (Å²) in [5.74, 6) is 1.74. The molecule has 112 valence electrons. The lowest BCUT2D eigenvalue weighted by Crippen LogP contribution is -2.13. The molecule has 1 saturated carbocycles. The summed E-state index contributed by atoms with van der Waals surface area (Å²) < 4.78 is 28.6. The third-order valence-electron chi connectivity index (χ3n) is 4.39. The van der Waals surface area contributed by atoms with Gasteiger partial charge in [0.1, 0.15) is 5.75 Å². The highest BCUT2D eigenvalue weighted by atomic mass is 19.3. The van der Waals surface area contributed by atoms with Gasteiger partial charge in [-0.3, -0.25) is 0 Å². The van der Waals surface area contributed by atoms with Gasteiger partial charge in [-0.05, 0) is 55.2 Å². The van der Waals surface area contributed by atoms with Crippen molar-refractivity contribution in [3.8, 4) is 5.75 Å². The lowest BCUT2D eigenvalue weighted by atomic mass is 9.77. The summed E-state index contributed by atoms with van der Waals surface area (Å²) in [6, 6.07) is 7.19. The van der Waals surface area contributed by atoms with E-state index in [0.29, 0.717) is 5.92 Å². The minimum absolute atomic E-state index is 0.250. The van der Waals surface area contributed by atoms with E-state index in [1.165, 1.54) is 50.5 Å². The van der Waals surface area contributed by atoms with Gasteiger partial charge in [0.2, 0.25) is 0 Å². The maximum atomic E-state index is 12.1. The zero-order valence-electron chi connectivity index (χ0n) is 12.2. The summed E-state index contributed by atoms with van der Waals surface area (Å²) in [5, 5.41) is 0. The minimum atomic E-state index is -2.74. The van der Waals surface area contributed by atoms with Crippen molar-refractivity contribution >= 4 is 0 Å². The minimum Gasteiger partial charge on any atom is -0.435 e. The van der Waals surface area contributed by atoms with Gasteiger partial charge >= 0.3 is 6.61 Å². The first-order valence-corrected chi connectivity index (χ1v) is 7.73. The Bertz CT molecular complexity index is 380. The average molecular weight is 282 g/mol. The Morgan fingerprint density at radius 1 is 1.10 bits per heavy atom. The molecular weight excluding hydrogens is 258 g/mol. The Kier molecular flexibility index (Phi) is 5.81. The smallest absolute Gasteiger partial charge is 0.387 e. The number of hydrogen-bond acceptors (Lipinski definition) is 1.